The Morgan fingerprint density at radius 2 is 1.58 bits per heavy atom. The number of rotatable bonds is 3. The molecule has 0 aromatic heterocycles. The van der Waals surface area contributed by atoms with E-state index in [0.29, 0.717) is 6.42 Å². The lowest BCUT2D eigenvalue weighted by molar-refractivity contribution is -0.431. The van der Waals surface area contributed by atoms with Gasteiger partial charge in [-0.3, -0.25) is 0 Å². The van der Waals surface area contributed by atoms with Gasteiger partial charge in [0.25, 0.3) is 0 Å². The van der Waals surface area contributed by atoms with Gasteiger partial charge in [0, 0.05) is 0 Å². The molecule has 0 amide bonds. The van der Waals surface area contributed by atoms with Crippen LogP contribution < -0.4 is 0 Å². The zero-order valence-corrected chi connectivity index (χ0v) is 9.61. The molecule has 110 valence electrons. The number of aliphatic hydroxyl groups excluding tert-OH is 1. The van der Waals surface area contributed by atoms with Crippen LogP contribution >= 0.6 is 0 Å². The van der Waals surface area contributed by atoms with Gasteiger partial charge >= 0.3 is 17.9 Å². The summed E-state index contributed by atoms with van der Waals surface area (Å²) in [6, 6.07) is 0. The molecule has 4 atom stereocenters. The first-order chi connectivity index (χ1) is 8.48. The molecule has 2 bridgehead atoms. The van der Waals surface area contributed by atoms with Gasteiger partial charge in [0.05, 0.1) is 0 Å². The fourth-order valence-corrected chi connectivity index (χ4v) is 2.85. The van der Waals surface area contributed by atoms with Crippen LogP contribution in [0.2, 0.25) is 0 Å². The predicted octanol–water partition coefficient (Wildman–Crippen LogP) is 1.44. The van der Waals surface area contributed by atoms with E-state index >= 15 is 0 Å². The molecule has 0 heterocycles. The zero-order chi connectivity index (χ0) is 14.6. The number of allylic oxidation sites excluding steroid dienone is 2. The average Bonchev–Trinajstić information content (AvgIpc) is 2.87. The van der Waals surface area contributed by atoms with Gasteiger partial charge in [-0.1, -0.05) is 12.2 Å². The van der Waals surface area contributed by atoms with E-state index < -0.39 is 35.8 Å². The summed E-state index contributed by atoms with van der Waals surface area (Å²) in [5.74, 6) is -11.9. The maximum Gasteiger partial charge on any atom is 0.449 e. The summed E-state index contributed by atoms with van der Waals surface area (Å²) in [6.45, 7) is 0. The summed E-state index contributed by atoms with van der Waals surface area (Å²) >= 11 is 0. The molecule has 0 aromatic carbocycles. The van der Waals surface area contributed by atoms with Crippen molar-refractivity contribution < 1.29 is 37.3 Å². The second-order valence-corrected chi connectivity index (χ2v) is 5.18. The number of hydrogen-bond donors (Lipinski definition) is 3. The molecule has 19 heavy (non-hydrogen) atoms. The fraction of sp³-hybridized carbons (Fsp3) is 0.818. The summed E-state index contributed by atoms with van der Waals surface area (Å²) in [7, 11) is 0. The van der Waals surface area contributed by atoms with Crippen LogP contribution in [0.5, 0.6) is 0 Å². The van der Waals surface area contributed by atoms with Gasteiger partial charge in [-0.2, -0.15) is 22.0 Å². The standard InChI is InChI=1S/C11H13F5O3/c12-9(13,10(18,19)11(14,15)16)8(17)7-4-5-1-2-6(7)3-5/h1-2,5-8,17-19H,3-4H2. The molecular weight excluding hydrogens is 275 g/mol. The summed E-state index contributed by atoms with van der Waals surface area (Å²) in [4.78, 5) is 0. The first-order valence-corrected chi connectivity index (χ1v) is 5.74. The molecule has 8 heteroatoms. The van der Waals surface area contributed by atoms with E-state index in [9.17, 15) is 27.1 Å². The van der Waals surface area contributed by atoms with Crippen molar-refractivity contribution in [3.8, 4) is 0 Å². The van der Waals surface area contributed by atoms with Crippen LogP contribution in [0, 0.1) is 17.8 Å². The highest BCUT2D eigenvalue weighted by molar-refractivity contribution is 5.13. The lowest BCUT2D eigenvalue weighted by Crippen LogP contribution is -2.65. The van der Waals surface area contributed by atoms with Gasteiger partial charge in [0.1, 0.15) is 6.10 Å². The van der Waals surface area contributed by atoms with Crippen LogP contribution in [-0.4, -0.2) is 39.3 Å². The van der Waals surface area contributed by atoms with Crippen LogP contribution in [0.1, 0.15) is 12.8 Å². The largest absolute Gasteiger partial charge is 0.449 e. The first kappa shape index (κ1) is 14.7. The SMILES string of the molecule is OC(C1CC2C=CC1C2)C(F)(F)C(O)(O)C(F)(F)F. The van der Waals surface area contributed by atoms with Crippen molar-refractivity contribution in [2.45, 2.75) is 36.8 Å². The maximum atomic E-state index is 13.6. The third kappa shape index (κ3) is 2.05. The Hall–Kier alpha value is -0.730. The lowest BCUT2D eigenvalue weighted by Gasteiger charge is -2.38. The molecular formula is C11H13F5O3. The van der Waals surface area contributed by atoms with Crippen molar-refractivity contribution in [1.29, 1.82) is 0 Å². The quantitative estimate of drug-likeness (QED) is 0.418. The van der Waals surface area contributed by atoms with Gasteiger partial charge in [-0.25, -0.2) is 0 Å². The second-order valence-electron chi connectivity index (χ2n) is 5.18. The smallest absolute Gasteiger partial charge is 0.386 e. The molecule has 2 aliphatic rings. The van der Waals surface area contributed by atoms with E-state index in [4.69, 9.17) is 10.2 Å². The van der Waals surface area contributed by atoms with E-state index in [1.807, 2.05) is 0 Å². The van der Waals surface area contributed by atoms with Crippen molar-refractivity contribution in [3.05, 3.63) is 12.2 Å². The monoisotopic (exact) mass is 288 g/mol. The Bertz CT molecular complexity index is 390. The number of alkyl halides is 5. The van der Waals surface area contributed by atoms with Crippen molar-refractivity contribution in [1.82, 2.24) is 0 Å². The molecule has 0 aliphatic heterocycles. The van der Waals surface area contributed by atoms with Crippen molar-refractivity contribution >= 4 is 0 Å². The third-order valence-corrected chi connectivity index (χ3v) is 3.97. The Kier molecular flexibility index (Phi) is 3.19. The lowest BCUT2D eigenvalue weighted by atomic mass is 9.83. The summed E-state index contributed by atoms with van der Waals surface area (Å²) < 4.78 is 63.9. The molecule has 3 nitrogen and oxygen atoms in total. The van der Waals surface area contributed by atoms with Crippen molar-refractivity contribution in [2.75, 3.05) is 0 Å². The van der Waals surface area contributed by atoms with Gasteiger partial charge in [0.15, 0.2) is 0 Å². The minimum atomic E-state index is -5.95. The minimum absolute atomic E-state index is 0.0434. The maximum absolute atomic E-state index is 13.6. The van der Waals surface area contributed by atoms with E-state index in [2.05, 4.69) is 0 Å². The molecule has 0 radical (unpaired) electrons. The highest BCUT2D eigenvalue weighted by atomic mass is 19.4. The van der Waals surface area contributed by atoms with Crippen LogP contribution in [0.25, 0.3) is 0 Å². The Balaban J connectivity index is 2.22. The average molecular weight is 288 g/mol. The Morgan fingerprint density at radius 3 is 1.95 bits per heavy atom. The van der Waals surface area contributed by atoms with E-state index in [0.717, 1.165) is 0 Å². The van der Waals surface area contributed by atoms with Crippen LogP contribution in [0.15, 0.2) is 12.2 Å². The third-order valence-electron chi connectivity index (χ3n) is 3.97. The van der Waals surface area contributed by atoms with Gasteiger partial charge in [-0.05, 0) is 30.6 Å². The minimum Gasteiger partial charge on any atom is -0.386 e. The molecule has 3 N–H and O–H groups in total. The van der Waals surface area contributed by atoms with E-state index in [1.54, 1.807) is 12.2 Å². The summed E-state index contributed by atoms with van der Waals surface area (Å²) in [5.41, 5.74) is 0. The van der Waals surface area contributed by atoms with Gasteiger partial charge in [-0.15, -0.1) is 0 Å². The van der Waals surface area contributed by atoms with Crippen LogP contribution in [0.4, 0.5) is 22.0 Å². The van der Waals surface area contributed by atoms with Gasteiger partial charge < -0.3 is 15.3 Å². The molecule has 2 rings (SSSR count). The molecule has 4 unspecified atom stereocenters. The Morgan fingerprint density at radius 1 is 1.00 bits per heavy atom. The number of aliphatic hydroxyl groups is 3. The van der Waals surface area contributed by atoms with E-state index in [-0.39, 0.29) is 12.3 Å². The Labute approximate surface area is 105 Å². The molecule has 2 aliphatic carbocycles. The number of halogens is 5. The number of hydrogen-bond acceptors (Lipinski definition) is 3. The van der Waals surface area contributed by atoms with E-state index in [1.165, 1.54) is 0 Å². The van der Waals surface area contributed by atoms with Crippen LogP contribution in [0.3, 0.4) is 0 Å². The van der Waals surface area contributed by atoms with Gasteiger partial charge in [0.2, 0.25) is 0 Å². The molecule has 1 fully saturated rings. The molecule has 1 saturated carbocycles. The molecule has 0 saturated heterocycles. The topological polar surface area (TPSA) is 60.7 Å². The molecule has 0 aromatic rings. The highest BCUT2D eigenvalue weighted by Crippen LogP contribution is 2.51. The van der Waals surface area contributed by atoms with Crippen LogP contribution in [-0.2, 0) is 0 Å². The number of fused-ring (bicyclic) bond motifs is 2. The first-order valence-electron chi connectivity index (χ1n) is 5.74. The highest BCUT2D eigenvalue weighted by Gasteiger charge is 2.72. The zero-order valence-electron chi connectivity index (χ0n) is 9.61. The van der Waals surface area contributed by atoms with Crippen molar-refractivity contribution in [3.63, 3.8) is 0 Å². The summed E-state index contributed by atoms with van der Waals surface area (Å²) in [5, 5.41) is 26.9. The fourth-order valence-electron chi connectivity index (χ4n) is 2.85. The molecule has 0 spiro atoms. The second kappa shape index (κ2) is 4.13. The van der Waals surface area contributed by atoms with Crippen molar-refractivity contribution in [2.24, 2.45) is 17.8 Å². The summed E-state index contributed by atoms with van der Waals surface area (Å²) in [6.07, 6.45) is -4.77. The predicted molar refractivity (Wildman–Crippen MR) is 53.0 cm³/mol. The normalized spacial score (nSPS) is 32.9.